The number of carbonyl (C=O) groups excluding carboxylic acids is 2. The maximum absolute atomic E-state index is 14.0. The summed E-state index contributed by atoms with van der Waals surface area (Å²) >= 11 is 12.6. The second kappa shape index (κ2) is 10.7. The van der Waals surface area contributed by atoms with Gasteiger partial charge in [0.2, 0.25) is 11.8 Å². The number of nitrogens with zero attached hydrogens (tertiary/aromatic N) is 2. The fraction of sp³-hybridized carbons (Fsp3) is 0.481. The van der Waals surface area contributed by atoms with E-state index in [1.807, 2.05) is 41.4 Å². The molecule has 2 aliphatic heterocycles. The Morgan fingerprint density at radius 3 is 2.67 bits per heavy atom. The van der Waals surface area contributed by atoms with E-state index in [0.29, 0.717) is 54.4 Å². The molecule has 1 saturated heterocycles. The summed E-state index contributed by atoms with van der Waals surface area (Å²) in [5.41, 5.74) is 4.45. The Morgan fingerprint density at radius 1 is 1.17 bits per heavy atom. The number of hydrogen-bond acceptors (Lipinski definition) is 5. The Kier molecular flexibility index (Phi) is 7.56. The average molecular weight is 531 g/mol. The van der Waals surface area contributed by atoms with Crippen molar-refractivity contribution in [3.8, 4) is 0 Å². The third kappa shape index (κ3) is 5.13. The minimum atomic E-state index is -1.07. The van der Waals surface area contributed by atoms with Gasteiger partial charge in [-0.3, -0.25) is 19.9 Å². The molecule has 2 N–H and O–H groups in total. The van der Waals surface area contributed by atoms with Crippen LogP contribution in [-0.4, -0.2) is 60.6 Å². The SMILES string of the molecule is CC1CC[C@@H](N(CC(=O)NN2CCOCC2)C2(Cc3cccc(Cl)c3)C(=O)Nc3cc(Cl)ccc32)C1. The molecule has 0 bridgehead atoms. The molecule has 2 heterocycles. The lowest BCUT2D eigenvalue weighted by molar-refractivity contribution is -0.137. The molecule has 0 aromatic heterocycles. The van der Waals surface area contributed by atoms with E-state index in [4.69, 9.17) is 27.9 Å². The second-order valence-corrected chi connectivity index (χ2v) is 11.0. The molecule has 0 radical (unpaired) electrons. The first-order valence-corrected chi connectivity index (χ1v) is 13.4. The lowest BCUT2D eigenvalue weighted by atomic mass is 9.81. The lowest BCUT2D eigenvalue weighted by Crippen LogP contribution is -2.60. The quantitative estimate of drug-likeness (QED) is 0.560. The van der Waals surface area contributed by atoms with Gasteiger partial charge in [-0.2, -0.15) is 0 Å². The number of hydrogen-bond donors (Lipinski definition) is 2. The van der Waals surface area contributed by atoms with Crippen LogP contribution in [-0.2, 0) is 26.3 Å². The highest BCUT2D eigenvalue weighted by molar-refractivity contribution is 6.31. The number of amides is 2. The second-order valence-electron chi connectivity index (χ2n) is 10.1. The molecule has 36 heavy (non-hydrogen) atoms. The summed E-state index contributed by atoms with van der Waals surface area (Å²) in [4.78, 5) is 29.6. The molecule has 2 aromatic rings. The van der Waals surface area contributed by atoms with E-state index in [1.54, 1.807) is 6.07 Å². The lowest BCUT2D eigenvalue weighted by Gasteiger charge is -2.43. The smallest absolute Gasteiger partial charge is 0.249 e. The van der Waals surface area contributed by atoms with Gasteiger partial charge in [0, 0.05) is 46.8 Å². The van der Waals surface area contributed by atoms with E-state index in [-0.39, 0.29) is 24.4 Å². The largest absolute Gasteiger partial charge is 0.379 e. The van der Waals surface area contributed by atoms with E-state index < -0.39 is 5.54 Å². The van der Waals surface area contributed by atoms with Crippen molar-refractivity contribution in [2.75, 3.05) is 38.2 Å². The zero-order chi connectivity index (χ0) is 25.3. The first-order valence-electron chi connectivity index (χ1n) is 12.6. The summed E-state index contributed by atoms with van der Waals surface area (Å²) in [6, 6.07) is 13.2. The summed E-state index contributed by atoms with van der Waals surface area (Å²) < 4.78 is 5.41. The minimum Gasteiger partial charge on any atom is -0.379 e. The zero-order valence-electron chi connectivity index (χ0n) is 20.4. The number of morpholine rings is 1. The van der Waals surface area contributed by atoms with Crippen molar-refractivity contribution in [3.05, 3.63) is 63.6 Å². The van der Waals surface area contributed by atoms with Gasteiger partial charge in [0.05, 0.1) is 19.8 Å². The number of rotatable bonds is 7. The topological polar surface area (TPSA) is 73.9 Å². The molecule has 1 aliphatic carbocycles. The fourth-order valence-corrected chi connectivity index (χ4v) is 6.30. The summed E-state index contributed by atoms with van der Waals surface area (Å²) in [6.07, 6.45) is 3.32. The highest BCUT2D eigenvalue weighted by atomic mass is 35.5. The van der Waals surface area contributed by atoms with Gasteiger partial charge in [-0.15, -0.1) is 0 Å². The van der Waals surface area contributed by atoms with Crippen molar-refractivity contribution in [2.24, 2.45) is 5.92 Å². The van der Waals surface area contributed by atoms with Crippen molar-refractivity contribution in [1.29, 1.82) is 0 Å². The Bertz CT molecular complexity index is 1140. The van der Waals surface area contributed by atoms with Crippen molar-refractivity contribution in [1.82, 2.24) is 15.3 Å². The molecule has 2 amide bonds. The molecule has 1 saturated carbocycles. The average Bonchev–Trinajstić information content (AvgIpc) is 3.39. The Hall–Kier alpha value is -2.16. The number of fused-ring (bicyclic) bond motifs is 1. The highest BCUT2D eigenvalue weighted by Crippen LogP contribution is 2.47. The van der Waals surface area contributed by atoms with Gasteiger partial charge in [0.25, 0.3) is 0 Å². The third-order valence-electron chi connectivity index (χ3n) is 7.61. The maximum Gasteiger partial charge on any atom is 0.249 e. The summed E-state index contributed by atoms with van der Waals surface area (Å²) in [5, 5.41) is 6.14. The number of carbonyl (C=O) groups is 2. The van der Waals surface area contributed by atoms with Gasteiger partial charge in [-0.05, 0) is 55.0 Å². The van der Waals surface area contributed by atoms with Crippen LogP contribution in [0, 0.1) is 5.92 Å². The van der Waals surface area contributed by atoms with Crippen molar-refractivity contribution in [2.45, 2.75) is 44.2 Å². The molecule has 9 heteroatoms. The van der Waals surface area contributed by atoms with Gasteiger partial charge >= 0.3 is 0 Å². The predicted molar refractivity (Wildman–Crippen MR) is 141 cm³/mol. The Balaban J connectivity index is 1.56. The van der Waals surface area contributed by atoms with Crippen LogP contribution in [0.2, 0.25) is 10.0 Å². The van der Waals surface area contributed by atoms with Gasteiger partial charge in [-0.25, -0.2) is 5.01 Å². The van der Waals surface area contributed by atoms with E-state index >= 15 is 0 Å². The van der Waals surface area contributed by atoms with Crippen LogP contribution in [0.15, 0.2) is 42.5 Å². The molecule has 7 nitrogen and oxygen atoms in total. The van der Waals surface area contributed by atoms with Crippen molar-refractivity contribution < 1.29 is 14.3 Å². The highest BCUT2D eigenvalue weighted by Gasteiger charge is 2.54. The fourth-order valence-electron chi connectivity index (χ4n) is 5.91. The molecule has 5 rings (SSSR count). The molecule has 2 unspecified atom stereocenters. The van der Waals surface area contributed by atoms with Crippen molar-refractivity contribution >= 4 is 40.7 Å². The number of hydrazine groups is 1. The summed E-state index contributed by atoms with van der Waals surface area (Å²) in [6.45, 7) is 4.78. The maximum atomic E-state index is 14.0. The van der Waals surface area contributed by atoms with Crippen molar-refractivity contribution in [3.63, 3.8) is 0 Å². The molecule has 2 aromatic carbocycles. The van der Waals surface area contributed by atoms with Gasteiger partial charge in [0.15, 0.2) is 0 Å². The number of anilines is 1. The van der Waals surface area contributed by atoms with Gasteiger partial charge < -0.3 is 10.1 Å². The Morgan fingerprint density at radius 2 is 1.94 bits per heavy atom. The zero-order valence-corrected chi connectivity index (χ0v) is 21.9. The normalized spacial score (nSPS) is 26.2. The standard InChI is InChI=1S/C27H32Cl2N4O3/c1-18-5-7-22(13-18)33(17-25(34)31-32-9-11-36-12-10-32)27(16-19-3-2-4-20(28)14-19)23-8-6-21(29)15-24(23)30-26(27)35/h2-4,6,8,14-15,18,22H,5,7,9-13,16-17H2,1H3,(H,30,35)(H,31,34)/t18?,22-,27?/m1/s1. The van der Waals surface area contributed by atoms with E-state index in [1.165, 1.54) is 0 Å². The predicted octanol–water partition coefficient (Wildman–Crippen LogP) is 4.24. The molecular weight excluding hydrogens is 499 g/mol. The van der Waals surface area contributed by atoms with Gasteiger partial charge in [0.1, 0.15) is 5.54 Å². The molecule has 0 spiro atoms. The number of benzene rings is 2. The monoisotopic (exact) mass is 530 g/mol. The summed E-state index contributed by atoms with van der Waals surface area (Å²) in [5.74, 6) is 0.257. The van der Waals surface area contributed by atoms with Crippen LogP contribution in [0.1, 0.15) is 37.3 Å². The first kappa shape index (κ1) is 25.5. The molecule has 3 atom stereocenters. The first-order chi connectivity index (χ1) is 17.3. The van der Waals surface area contributed by atoms with E-state index in [0.717, 1.165) is 30.4 Å². The molecule has 192 valence electrons. The van der Waals surface area contributed by atoms with Gasteiger partial charge in [-0.1, -0.05) is 48.3 Å². The molecule has 3 aliphatic rings. The van der Waals surface area contributed by atoms with Crippen LogP contribution in [0.25, 0.3) is 0 Å². The number of nitrogens with one attached hydrogen (secondary N) is 2. The van der Waals surface area contributed by atoms with Crippen LogP contribution in [0.5, 0.6) is 0 Å². The summed E-state index contributed by atoms with van der Waals surface area (Å²) in [7, 11) is 0. The van der Waals surface area contributed by atoms with E-state index in [9.17, 15) is 9.59 Å². The molecule has 2 fully saturated rings. The molecular formula is C27H32Cl2N4O3. The van der Waals surface area contributed by atoms with Crippen LogP contribution in [0.4, 0.5) is 5.69 Å². The van der Waals surface area contributed by atoms with E-state index in [2.05, 4.69) is 22.6 Å². The number of halogens is 2. The van der Waals surface area contributed by atoms with Crippen LogP contribution >= 0.6 is 23.2 Å². The van der Waals surface area contributed by atoms with Crippen LogP contribution < -0.4 is 10.7 Å². The minimum absolute atomic E-state index is 0.0852. The Labute approximate surface area is 222 Å². The number of ether oxygens (including phenoxy) is 1. The van der Waals surface area contributed by atoms with Crippen LogP contribution in [0.3, 0.4) is 0 Å². The third-order valence-corrected chi connectivity index (χ3v) is 8.08.